The van der Waals surface area contributed by atoms with Crippen molar-refractivity contribution in [1.82, 2.24) is 10.3 Å². The van der Waals surface area contributed by atoms with E-state index in [0.29, 0.717) is 4.88 Å². The molecular formula is C21H21FN4O4S. The van der Waals surface area contributed by atoms with Gasteiger partial charge in [0.1, 0.15) is 11.9 Å². The molecule has 2 aromatic heterocycles. The van der Waals surface area contributed by atoms with Crippen LogP contribution in [-0.4, -0.2) is 29.1 Å². The number of rotatable bonds is 7. The average molecular weight is 444 g/mol. The van der Waals surface area contributed by atoms with Crippen LogP contribution in [0.15, 0.2) is 44.9 Å². The van der Waals surface area contributed by atoms with E-state index in [-0.39, 0.29) is 23.4 Å². The minimum absolute atomic E-state index is 0.0203. The number of carbonyl (C=O) groups is 1. The van der Waals surface area contributed by atoms with Crippen LogP contribution in [0.4, 0.5) is 10.2 Å². The summed E-state index contributed by atoms with van der Waals surface area (Å²) in [5, 5.41) is 17.0. The number of aromatic nitrogens is 1. The van der Waals surface area contributed by atoms with E-state index in [1.54, 1.807) is 17.5 Å². The smallest absolute Gasteiger partial charge is 0.405 e. The highest BCUT2D eigenvalue weighted by molar-refractivity contribution is 7.10. The lowest BCUT2D eigenvalue weighted by Gasteiger charge is -2.25. The van der Waals surface area contributed by atoms with Crippen LogP contribution in [0.2, 0.25) is 0 Å². The van der Waals surface area contributed by atoms with Crippen molar-refractivity contribution in [2.24, 2.45) is 0 Å². The number of amides is 1. The second-order valence-electron chi connectivity index (χ2n) is 7.65. The number of para-hydroxylation sites is 1. The molecule has 10 heteroatoms. The predicted octanol–water partition coefficient (Wildman–Crippen LogP) is 3.37. The van der Waals surface area contributed by atoms with Crippen molar-refractivity contribution in [1.29, 1.82) is 5.26 Å². The largest absolute Gasteiger partial charge is 0.441 e. The first kappa shape index (κ1) is 22.4. The Morgan fingerprint density at radius 3 is 2.77 bits per heavy atom. The van der Waals surface area contributed by atoms with Crippen molar-refractivity contribution in [2.45, 2.75) is 38.5 Å². The summed E-state index contributed by atoms with van der Waals surface area (Å²) >= 11 is 1.34. The number of benzene rings is 1. The van der Waals surface area contributed by atoms with Crippen molar-refractivity contribution in [3.05, 3.63) is 57.0 Å². The number of hydrogen-bond acceptors (Lipinski definition) is 8. The second-order valence-corrected chi connectivity index (χ2v) is 8.63. The molecule has 0 saturated carbocycles. The van der Waals surface area contributed by atoms with Crippen LogP contribution >= 0.6 is 11.3 Å². The summed E-state index contributed by atoms with van der Waals surface area (Å²) in [6.45, 7) is 5.39. The van der Waals surface area contributed by atoms with E-state index in [0.717, 1.165) is 6.07 Å². The number of thiophene rings is 1. The van der Waals surface area contributed by atoms with Gasteiger partial charge in [-0.3, -0.25) is 4.79 Å². The summed E-state index contributed by atoms with van der Waals surface area (Å²) < 4.78 is 24.7. The van der Waals surface area contributed by atoms with Crippen molar-refractivity contribution < 1.29 is 18.3 Å². The molecule has 0 radical (unpaired) electrons. The quantitative estimate of drug-likeness (QED) is 0.574. The van der Waals surface area contributed by atoms with Gasteiger partial charge >= 0.3 is 5.76 Å². The van der Waals surface area contributed by atoms with Gasteiger partial charge in [0.05, 0.1) is 23.7 Å². The van der Waals surface area contributed by atoms with Gasteiger partial charge in [-0.05, 0) is 44.4 Å². The predicted molar refractivity (Wildman–Crippen MR) is 114 cm³/mol. The summed E-state index contributed by atoms with van der Waals surface area (Å²) in [5.41, 5.74) is -0.825. The van der Waals surface area contributed by atoms with Gasteiger partial charge in [0.15, 0.2) is 17.4 Å². The van der Waals surface area contributed by atoms with Gasteiger partial charge in [0, 0.05) is 4.88 Å². The molecule has 0 spiro atoms. The van der Waals surface area contributed by atoms with E-state index >= 15 is 0 Å². The monoisotopic (exact) mass is 444 g/mol. The van der Waals surface area contributed by atoms with Gasteiger partial charge in [0.25, 0.3) is 0 Å². The number of anilines is 1. The van der Waals surface area contributed by atoms with E-state index in [9.17, 15) is 19.2 Å². The number of nitriles is 1. The molecule has 2 unspecified atom stereocenters. The molecular weight excluding hydrogens is 423 g/mol. The third-order valence-electron chi connectivity index (χ3n) is 4.17. The standard InChI is InChI=1S/C21H21FN4O4S/c1-21(2,3)29-11-15(19(27)25-14(10-23)16-8-5-9-31-16)24-18-12-6-4-7-13(22)17(12)30-20(28)26-18/h4-9,14-15H,11H2,1-3H3,(H,25,27)(H,24,26,28). The third kappa shape index (κ3) is 5.65. The summed E-state index contributed by atoms with van der Waals surface area (Å²) in [7, 11) is 0. The van der Waals surface area contributed by atoms with Crippen LogP contribution < -0.4 is 16.4 Å². The molecule has 2 heterocycles. The Labute approximate surface area is 181 Å². The minimum atomic E-state index is -1.02. The van der Waals surface area contributed by atoms with E-state index < -0.39 is 35.2 Å². The number of fused-ring (bicyclic) bond motifs is 1. The maximum Gasteiger partial charge on any atom is 0.441 e. The Bertz CT molecular complexity index is 1160. The summed E-state index contributed by atoms with van der Waals surface area (Å²) in [6, 6.07) is 7.81. The summed E-state index contributed by atoms with van der Waals surface area (Å²) in [5.74, 6) is -2.30. The molecule has 1 amide bonds. The lowest BCUT2D eigenvalue weighted by molar-refractivity contribution is -0.124. The topological polar surface area (TPSA) is 117 Å². The summed E-state index contributed by atoms with van der Waals surface area (Å²) in [4.78, 5) is 29.3. The van der Waals surface area contributed by atoms with Gasteiger partial charge in [-0.25, -0.2) is 9.18 Å². The number of nitrogens with zero attached hydrogens (tertiary/aromatic N) is 2. The number of halogens is 1. The lowest BCUT2D eigenvalue weighted by atomic mass is 10.1. The molecule has 162 valence electrons. The Balaban J connectivity index is 1.92. The molecule has 2 atom stereocenters. The minimum Gasteiger partial charge on any atom is -0.405 e. The SMILES string of the molecule is CC(C)(C)OCC(Nc1nc(=O)oc2c(F)cccc12)C(=O)NC(C#N)c1cccs1. The van der Waals surface area contributed by atoms with Crippen LogP contribution in [0, 0.1) is 17.1 Å². The molecule has 2 N–H and O–H groups in total. The Morgan fingerprint density at radius 2 is 2.13 bits per heavy atom. The molecule has 1 aromatic carbocycles. The first-order chi connectivity index (χ1) is 14.7. The van der Waals surface area contributed by atoms with Crippen LogP contribution in [0.3, 0.4) is 0 Å². The van der Waals surface area contributed by atoms with E-state index in [1.165, 1.54) is 23.5 Å². The van der Waals surface area contributed by atoms with E-state index in [4.69, 9.17) is 9.15 Å². The molecule has 3 aromatic rings. The molecule has 31 heavy (non-hydrogen) atoms. The molecule has 0 fully saturated rings. The average Bonchev–Trinajstić information content (AvgIpc) is 3.23. The Hall–Kier alpha value is -3.29. The first-order valence-corrected chi connectivity index (χ1v) is 10.3. The van der Waals surface area contributed by atoms with Crippen LogP contribution in [0.25, 0.3) is 11.0 Å². The molecule has 0 aliphatic carbocycles. The van der Waals surface area contributed by atoms with Gasteiger partial charge in [-0.2, -0.15) is 10.2 Å². The second kappa shape index (κ2) is 9.24. The number of carbonyl (C=O) groups excluding carboxylic acids is 1. The number of nitrogens with one attached hydrogen (secondary N) is 2. The summed E-state index contributed by atoms with van der Waals surface area (Å²) in [6.07, 6.45) is 0. The first-order valence-electron chi connectivity index (χ1n) is 9.41. The van der Waals surface area contributed by atoms with E-state index in [2.05, 4.69) is 21.7 Å². The number of ether oxygens (including phenoxy) is 1. The van der Waals surface area contributed by atoms with E-state index in [1.807, 2.05) is 20.8 Å². The third-order valence-corrected chi connectivity index (χ3v) is 5.11. The van der Waals surface area contributed by atoms with Gasteiger partial charge in [-0.1, -0.05) is 12.1 Å². The van der Waals surface area contributed by atoms with Gasteiger partial charge in [0.2, 0.25) is 5.91 Å². The maximum atomic E-state index is 14.1. The molecule has 0 aliphatic rings. The van der Waals surface area contributed by atoms with Crippen molar-refractivity contribution in [3.8, 4) is 6.07 Å². The van der Waals surface area contributed by atoms with Crippen molar-refractivity contribution >= 4 is 34.0 Å². The molecule has 8 nitrogen and oxygen atoms in total. The molecule has 0 bridgehead atoms. The fourth-order valence-corrected chi connectivity index (χ4v) is 3.44. The van der Waals surface area contributed by atoms with Crippen molar-refractivity contribution in [3.63, 3.8) is 0 Å². The highest BCUT2D eigenvalue weighted by Gasteiger charge is 2.26. The molecule has 0 saturated heterocycles. The fraction of sp³-hybridized carbons (Fsp3) is 0.333. The Kier molecular flexibility index (Phi) is 6.68. The van der Waals surface area contributed by atoms with Crippen LogP contribution in [-0.2, 0) is 9.53 Å². The Morgan fingerprint density at radius 1 is 1.35 bits per heavy atom. The zero-order valence-electron chi connectivity index (χ0n) is 17.1. The number of hydrogen-bond donors (Lipinski definition) is 2. The fourth-order valence-electron chi connectivity index (χ4n) is 2.72. The molecule has 0 aliphatic heterocycles. The normalized spacial score (nSPS) is 13.4. The van der Waals surface area contributed by atoms with Crippen LogP contribution in [0.5, 0.6) is 0 Å². The van der Waals surface area contributed by atoms with Gasteiger partial charge in [-0.15, -0.1) is 11.3 Å². The van der Waals surface area contributed by atoms with Crippen molar-refractivity contribution in [2.75, 3.05) is 11.9 Å². The highest BCUT2D eigenvalue weighted by Crippen LogP contribution is 2.23. The zero-order chi connectivity index (χ0) is 22.6. The van der Waals surface area contributed by atoms with Crippen LogP contribution in [0.1, 0.15) is 31.7 Å². The molecule has 3 rings (SSSR count). The zero-order valence-corrected chi connectivity index (χ0v) is 18.0. The lowest BCUT2D eigenvalue weighted by Crippen LogP contribution is -2.45. The maximum absolute atomic E-state index is 14.1. The highest BCUT2D eigenvalue weighted by atomic mass is 32.1. The van der Waals surface area contributed by atoms with Gasteiger partial charge < -0.3 is 19.8 Å².